The minimum atomic E-state index is 0.470. The minimum Gasteiger partial charge on any atom is -0.477 e. The molecule has 1 atom stereocenters. The molecular weight excluding hydrogens is 114 g/mol. The Morgan fingerprint density at radius 3 is 2.67 bits per heavy atom. The molecule has 1 fully saturated rings. The molecule has 0 aromatic rings. The second kappa shape index (κ2) is 2.29. The van der Waals surface area contributed by atoms with Crippen molar-refractivity contribution in [1.82, 2.24) is 5.32 Å². The monoisotopic (exact) mass is 127 g/mol. The summed E-state index contributed by atoms with van der Waals surface area (Å²) in [5.41, 5.74) is 0. The van der Waals surface area contributed by atoms with Crippen LogP contribution in [-0.2, 0) is 4.74 Å². The van der Waals surface area contributed by atoms with E-state index in [1.807, 2.05) is 0 Å². The predicted octanol–water partition coefficient (Wildman–Crippen LogP) is 1.10. The van der Waals surface area contributed by atoms with E-state index in [0.29, 0.717) is 17.8 Å². The zero-order valence-electron chi connectivity index (χ0n) is 5.98. The van der Waals surface area contributed by atoms with E-state index in [1.165, 1.54) is 0 Å². The van der Waals surface area contributed by atoms with Crippen molar-refractivity contribution in [1.29, 1.82) is 0 Å². The van der Waals surface area contributed by atoms with Gasteiger partial charge in [-0.3, -0.25) is 0 Å². The summed E-state index contributed by atoms with van der Waals surface area (Å²) in [7, 11) is 0. The molecule has 1 aliphatic heterocycles. The lowest BCUT2D eigenvalue weighted by atomic mass is 10.1. The molecule has 0 aromatic heterocycles. The third-order valence-corrected chi connectivity index (χ3v) is 1.59. The van der Waals surface area contributed by atoms with Crippen molar-refractivity contribution in [2.24, 2.45) is 5.92 Å². The zero-order chi connectivity index (χ0) is 6.85. The molecule has 2 nitrogen and oxygen atoms in total. The number of rotatable bonds is 1. The Labute approximate surface area is 55.9 Å². The van der Waals surface area contributed by atoms with E-state index in [1.54, 1.807) is 0 Å². The number of nitrogens with one attached hydrogen (secondary N) is 1. The molecule has 0 spiro atoms. The normalized spacial score (nSPS) is 26.1. The van der Waals surface area contributed by atoms with Gasteiger partial charge in [0.05, 0.1) is 6.04 Å². The molecule has 0 radical (unpaired) electrons. The molecule has 1 saturated heterocycles. The molecule has 0 bridgehead atoms. The average molecular weight is 127 g/mol. The van der Waals surface area contributed by atoms with Crippen molar-refractivity contribution in [3.8, 4) is 0 Å². The van der Waals surface area contributed by atoms with Gasteiger partial charge in [0.1, 0.15) is 6.61 Å². The van der Waals surface area contributed by atoms with Gasteiger partial charge in [-0.15, -0.1) is 0 Å². The highest BCUT2D eigenvalue weighted by Gasteiger charge is 2.20. The first-order valence-electron chi connectivity index (χ1n) is 3.28. The largest absolute Gasteiger partial charge is 0.477 e. The van der Waals surface area contributed by atoms with E-state index in [0.717, 1.165) is 6.61 Å². The third kappa shape index (κ3) is 1.37. The molecule has 52 valence electrons. The molecule has 1 unspecified atom stereocenters. The van der Waals surface area contributed by atoms with Crippen molar-refractivity contribution in [2.45, 2.75) is 19.9 Å². The van der Waals surface area contributed by atoms with Gasteiger partial charge in [-0.2, -0.15) is 0 Å². The predicted molar refractivity (Wildman–Crippen MR) is 36.9 cm³/mol. The molecule has 1 aliphatic rings. The number of hydrogen-bond donors (Lipinski definition) is 1. The molecule has 0 aliphatic carbocycles. The van der Waals surface area contributed by atoms with Gasteiger partial charge in [-0.1, -0.05) is 13.8 Å². The summed E-state index contributed by atoms with van der Waals surface area (Å²) < 4.78 is 5.12. The number of ether oxygens (including phenoxy) is 1. The molecule has 1 N–H and O–H groups in total. The lowest BCUT2D eigenvalue weighted by Crippen LogP contribution is -2.28. The summed E-state index contributed by atoms with van der Waals surface area (Å²) in [6.45, 7) is 8.76. The van der Waals surface area contributed by atoms with E-state index in [4.69, 9.17) is 4.74 Å². The van der Waals surface area contributed by atoms with Crippen LogP contribution in [0.1, 0.15) is 13.8 Å². The minimum absolute atomic E-state index is 0.470. The number of hydrogen-bond acceptors (Lipinski definition) is 2. The van der Waals surface area contributed by atoms with Crippen molar-refractivity contribution in [3.05, 3.63) is 12.5 Å². The summed E-state index contributed by atoms with van der Waals surface area (Å²) in [4.78, 5) is 0. The Hall–Kier alpha value is -0.660. The van der Waals surface area contributed by atoms with E-state index < -0.39 is 0 Å². The molecule has 0 saturated carbocycles. The Kier molecular flexibility index (Phi) is 1.65. The van der Waals surface area contributed by atoms with Gasteiger partial charge in [0.25, 0.3) is 0 Å². The van der Waals surface area contributed by atoms with Gasteiger partial charge < -0.3 is 10.1 Å². The van der Waals surface area contributed by atoms with E-state index in [2.05, 4.69) is 25.7 Å². The summed E-state index contributed by atoms with van der Waals surface area (Å²) in [5, 5.41) is 3.14. The fourth-order valence-electron chi connectivity index (χ4n) is 0.840. The van der Waals surface area contributed by atoms with Crippen LogP contribution in [0.3, 0.4) is 0 Å². The van der Waals surface area contributed by atoms with Gasteiger partial charge >= 0.3 is 0 Å². The maximum absolute atomic E-state index is 5.12. The highest BCUT2D eigenvalue weighted by atomic mass is 16.5. The van der Waals surface area contributed by atoms with Gasteiger partial charge in [0.15, 0.2) is 5.88 Å². The van der Waals surface area contributed by atoms with E-state index >= 15 is 0 Å². The standard InChI is InChI=1S/C7H13NO/c1-5(2)7-4-9-6(3)8-7/h5,7-8H,3-4H2,1-2H3. The van der Waals surface area contributed by atoms with Gasteiger partial charge in [-0.25, -0.2) is 0 Å². The zero-order valence-corrected chi connectivity index (χ0v) is 5.98. The Bertz CT molecular complexity index is 120. The van der Waals surface area contributed by atoms with Crippen molar-refractivity contribution >= 4 is 0 Å². The third-order valence-electron chi connectivity index (χ3n) is 1.59. The lowest BCUT2D eigenvalue weighted by molar-refractivity contribution is 0.245. The first-order valence-corrected chi connectivity index (χ1v) is 3.28. The molecule has 9 heavy (non-hydrogen) atoms. The maximum atomic E-state index is 5.12. The van der Waals surface area contributed by atoms with Gasteiger partial charge in [0.2, 0.25) is 0 Å². The molecule has 2 heteroatoms. The summed E-state index contributed by atoms with van der Waals surface area (Å²) in [5.74, 6) is 1.35. The fourth-order valence-corrected chi connectivity index (χ4v) is 0.840. The van der Waals surface area contributed by atoms with Gasteiger partial charge in [-0.05, 0) is 12.5 Å². The highest BCUT2D eigenvalue weighted by Crippen LogP contribution is 2.11. The van der Waals surface area contributed by atoms with Crippen LogP contribution in [0.25, 0.3) is 0 Å². The SMILES string of the molecule is C=C1NC(C(C)C)CO1. The Morgan fingerprint density at radius 2 is 2.44 bits per heavy atom. The molecule has 1 rings (SSSR count). The summed E-state index contributed by atoms with van der Waals surface area (Å²) >= 11 is 0. The highest BCUT2D eigenvalue weighted by molar-refractivity contribution is 4.91. The molecule has 1 heterocycles. The van der Waals surface area contributed by atoms with Gasteiger partial charge in [0, 0.05) is 0 Å². The Morgan fingerprint density at radius 1 is 1.78 bits per heavy atom. The van der Waals surface area contributed by atoms with E-state index in [9.17, 15) is 0 Å². The van der Waals surface area contributed by atoms with Crippen LogP contribution in [-0.4, -0.2) is 12.6 Å². The second-order valence-corrected chi connectivity index (χ2v) is 2.73. The van der Waals surface area contributed by atoms with Crippen LogP contribution in [0.4, 0.5) is 0 Å². The summed E-state index contributed by atoms with van der Waals surface area (Å²) in [6.07, 6.45) is 0. The maximum Gasteiger partial charge on any atom is 0.179 e. The smallest absolute Gasteiger partial charge is 0.179 e. The van der Waals surface area contributed by atoms with Crippen LogP contribution in [0.15, 0.2) is 12.5 Å². The molecule has 0 aromatic carbocycles. The van der Waals surface area contributed by atoms with Crippen molar-refractivity contribution in [2.75, 3.05) is 6.61 Å². The van der Waals surface area contributed by atoms with Crippen LogP contribution in [0, 0.1) is 5.92 Å². The molecule has 0 amide bonds. The topological polar surface area (TPSA) is 21.3 Å². The van der Waals surface area contributed by atoms with E-state index in [-0.39, 0.29) is 0 Å². The first kappa shape index (κ1) is 6.46. The lowest BCUT2D eigenvalue weighted by Gasteiger charge is -2.10. The van der Waals surface area contributed by atoms with Crippen molar-refractivity contribution in [3.63, 3.8) is 0 Å². The van der Waals surface area contributed by atoms with Crippen LogP contribution in [0.5, 0.6) is 0 Å². The first-order chi connectivity index (χ1) is 4.20. The van der Waals surface area contributed by atoms with Crippen LogP contribution < -0.4 is 5.32 Å². The molecular formula is C7H13NO. The van der Waals surface area contributed by atoms with Crippen LogP contribution >= 0.6 is 0 Å². The Balaban J connectivity index is 2.39. The fraction of sp³-hybridized carbons (Fsp3) is 0.714. The van der Waals surface area contributed by atoms with Crippen LogP contribution in [0.2, 0.25) is 0 Å². The van der Waals surface area contributed by atoms with Crippen molar-refractivity contribution < 1.29 is 4.74 Å². The quantitative estimate of drug-likeness (QED) is 0.569. The second-order valence-electron chi connectivity index (χ2n) is 2.73. The average Bonchev–Trinajstić information content (AvgIpc) is 2.14. The summed E-state index contributed by atoms with van der Waals surface area (Å²) in [6, 6.07) is 0.470.